The summed E-state index contributed by atoms with van der Waals surface area (Å²) in [7, 11) is -4.32. The Bertz CT molecular complexity index is 1050. The lowest BCUT2D eigenvalue weighted by Crippen LogP contribution is -2.02. The van der Waals surface area contributed by atoms with Crippen LogP contribution in [0.4, 0.5) is 17.3 Å². The van der Waals surface area contributed by atoms with Gasteiger partial charge in [0, 0.05) is 5.56 Å². The lowest BCUT2D eigenvalue weighted by atomic mass is 10.0. The fraction of sp³-hybridized carbons (Fsp3) is 0.0417. The maximum Gasteiger partial charge on any atom is 0.673 e. The lowest BCUT2D eigenvalue weighted by molar-refractivity contribution is 0.368. The molecule has 0 N–H and O–H groups in total. The van der Waals surface area contributed by atoms with Gasteiger partial charge in [0.25, 0.3) is 0 Å². The fourth-order valence-corrected chi connectivity index (χ4v) is 2.96. The average molecular weight is 426 g/mol. The smallest absolute Gasteiger partial charge is 0.497 e. The van der Waals surface area contributed by atoms with Gasteiger partial charge in [-0.15, -0.1) is 0 Å². The van der Waals surface area contributed by atoms with Crippen LogP contribution in [-0.2, 0) is 0 Å². The van der Waals surface area contributed by atoms with Gasteiger partial charge in [-0.05, 0) is 42.0 Å². The van der Waals surface area contributed by atoms with Crippen molar-refractivity contribution in [1.29, 1.82) is 0 Å². The van der Waals surface area contributed by atoms with Gasteiger partial charge in [-0.2, -0.15) is 0 Å². The highest BCUT2D eigenvalue weighted by atomic mass is 19.5. The molecule has 0 amide bonds. The van der Waals surface area contributed by atoms with Crippen molar-refractivity contribution in [3.05, 3.63) is 97.1 Å². The van der Waals surface area contributed by atoms with Gasteiger partial charge in [0.15, 0.2) is 0 Å². The van der Waals surface area contributed by atoms with Gasteiger partial charge < -0.3 is 22.0 Å². The van der Waals surface area contributed by atoms with Crippen LogP contribution in [0.5, 0.6) is 5.75 Å². The van der Waals surface area contributed by atoms with Gasteiger partial charge in [-0.25, -0.2) is 4.42 Å². The van der Waals surface area contributed by atoms with Crippen molar-refractivity contribution in [1.82, 2.24) is 0 Å². The molecule has 0 aliphatic carbocycles. The first kappa shape index (κ1) is 22.1. The van der Waals surface area contributed by atoms with Crippen LogP contribution >= 0.6 is 0 Å². The monoisotopic (exact) mass is 426 g/mol. The van der Waals surface area contributed by atoms with Crippen molar-refractivity contribution in [2.45, 2.75) is 0 Å². The normalized spacial score (nSPS) is 10.7. The number of rotatable bonds is 4. The second-order valence-corrected chi connectivity index (χ2v) is 6.53. The summed E-state index contributed by atoms with van der Waals surface area (Å²) in [6, 6.07) is 32.6. The van der Waals surface area contributed by atoms with Crippen molar-refractivity contribution in [2.75, 3.05) is 7.11 Å². The molecule has 4 aromatic rings. The zero-order valence-electron chi connectivity index (χ0n) is 16.6. The minimum atomic E-state index is -6.00. The molecule has 0 radical (unpaired) electrons. The van der Waals surface area contributed by atoms with E-state index in [1.165, 1.54) is 0 Å². The Morgan fingerprint density at radius 3 is 1.48 bits per heavy atom. The third-order valence-corrected chi connectivity index (χ3v) is 4.31. The molecule has 0 fully saturated rings. The molecule has 3 aromatic carbocycles. The summed E-state index contributed by atoms with van der Waals surface area (Å²) in [4.78, 5) is 0. The highest BCUT2D eigenvalue weighted by molar-refractivity contribution is 6.50. The van der Waals surface area contributed by atoms with Gasteiger partial charge in [0.1, 0.15) is 5.75 Å². The first-order chi connectivity index (χ1) is 14.8. The molecule has 0 spiro atoms. The molecule has 158 valence electrons. The van der Waals surface area contributed by atoms with E-state index in [1.807, 2.05) is 54.6 Å². The van der Waals surface area contributed by atoms with Crippen molar-refractivity contribution >= 4 is 7.25 Å². The second-order valence-electron chi connectivity index (χ2n) is 6.53. The Morgan fingerprint density at radius 1 is 0.581 bits per heavy atom. The SMILES string of the molecule is COc1cccc(-c2cc(-c3ccccc3)[o+]c(-c3ccccc3)c2)c1.F[B-](F)(F)F. The molecule has 31 heavy (non-hydrogen) atoms. The summed E-state index contributed by atoms with van der Waals surface area (Å²) in [5.41, 5.74) is 4.28. The zero-order chi connectivity index (χ0) is 22.3. The van der Waals surface area contributed by atoms with Crippen LogP contribution in [0.15, 0.2) is 101 Å². The molecule has 7 heteroatoms. The molecule has 1 aromatic heterocycles. The van der Waals surface area contributed by atoms with Gasteiger partial charge in [-0.3, -0.25) is 0 Å². The van der Waals surface area contributed by atoms with E-state index in [-0.39, 0.29) is 0 Å². The number of ether oxygens (including phenoxy) is 1. The quantitative estimate of drug-likeness (QED) is 0.188. The zero-order valence-corrected chi connectivity index (χ0v) is 16.6. The van der Waals surface area contributed by atoms with Crippen molar-refractivity contribution < 1.29 is 26.4 Å². The molecule has 0 atom stereocenters. The highest BCUT2D eigenvalue weighted by Gasteiger charge is 2.21. The van der Waals surface area contributed by atoms with Gasteiger partial charge in [0.2, 0.25) is 0 Å². The Kier molecular flexibility index (Phi) is 7.08. The van der Waals surface area contributed by atoms with E-state index in [1.54, 1.807) is 7.11 Å². The topological polar surface area (TPSA) is 20.5 Å². The standard InChI is InChI=1S/C24H19O2.BF4/c1-25-22-14-8-13-20(15-22)21-16-23(18-9-4-2-5-10-18)26-24(17-21)19-11-6-3-7-12-19;2-1(3,4)5/h2-17H,1H3;/q+1;-1. The summed E-state index contributed by atoms with van der Waals surface area (Å²) in [5, 5.41) is 0. The van der Waals surface area contributed by atoms with Crippen LogP contribution in [0.2, 0.25) is 0 Å². The summed E-state index contributed by atoms with van der Waals surface area (Å²) < 4.78 is 50.6. The molecule has 0 saturated carbocycles. The lowest BCUT2D eigenvalue weighted by Gasteiger charge is -2.05. The van der Waals surface area contributed by atoms with Crippen LogP contribution in [0, 0.1) is 0 Å². The molecule has 2 nitrogen and oxygen atoms in total. The third kappa shape index (κ3) is 6.71. The first-order valence-corrected chi connectivity index (χ1v) is 9.44. The predicted molar refractivity (Wildman–Crippen MR) is 116 cm³/mol. The van der Waals surface area contributed by atoms with Crippen molar-refractivity contribution in [3.8, 4) is 39.5 Å². The first-order valence-electron chi connectivity index (χ1n) is 9.44. The maximum absolute atomic E-state index is 9.75. The van der Waals surface area contributed by atoms with Crippen molar-refractivity contribution in [3.63, 3.8) is 0 Å². The molecule has 4 rings (SSSR count). The minimum absolute atomic E-state index is 0.838. The molecule has 1 heterocycles. The van der Waals surface area contributed by atoms with E-state index >= 15 is 0 Å². The molecular formula is C24H19BF4O2. The van der Waals surface area contributed by atoms with E-state index in [0.717, 1.165) is 39.5 Å². The number of benzene rings is 3. The summed E-state index contributed by atoms with van der Waals surface area (Å²) in [6.45, 7) is 0. The van der Waals surface area contributed by atoms with Crippen LogP contribution in [-0.4, -0.2) is 14.4 Å². The minimum Gasteiger partial charge on any atom is -0.497 e. The molecule has 0 aliphatic heterocycles. The van der Waals surface area contributed by atoms with Crippen LogP contribution in [0.25, 0.3) is 33.8 Å². The van der Waals surface area contributed by atoms with Crippen molar-refractivity contribution in [2.24, 2.45) is 0 Å². The largest absolute Gasteiger partial charge is 0.673 e. The molecule has 0 aliphatic rings. The maximum atomic E-state index is 9.75. The van der Waals surface area contributed by atoms with Gasteiger partial charge in [-0.1, -0.05) is 48.5 Å². The summed E-state index contributed by atoms with van der Waals surface area (Å²) in [6.07, 6.45) is 0. The Hall–Kier alpha value is -3.61. The molecular weight excluding hydrogens is 407 g/mol. The summed E-state index contributed by atoms with van der Waals surface area (Å²) in [5.74, 6) is 2.51. The average Bonchev–Trinajstić information content (AvgIpc) is 2.79. The van der Waals surface area contributed by atoms with Gasteiger partial charge in [0.05, 0.1) is 30.4 Å². The third-order valence-electron chi connectivity index (χ3n) is 4.31. The van der Waals surface area contributed by atoms with Crippen LogP contribution < -0.4 is 4.74 Å². The van der Waals surface area contributed by atoms with E-state index in [0.29, 0.717) is 0 Å². The Morgan fingerprint density at radius 2 is 1.03 bits per heavy atom. The predicted octanol–water partition coefficient (Wildman–Crippen LogP) is 7.87. The fourth-order valence-electron chi connectivity index (χ4n) is 2.96. The Labute approximate surface area is 177 Å². The number of hydrogen-bond acceptors (Lipinski definition) is 1. The van der Waals surface area contributed by atoms with E-state index in [2.05, 4.69) is 42.5 Å². The number of hydrogen-bond donors (Lipinski definition) is 0. The highest BCUT2D eigenvalue weighted by Crippen LogP contribution is 2.33. The van der Waals surface area contributed by atoms with E-state index in [9.17, 15) is 17.3 Å². The summed E-state index contributed by atoms with van der Waals surface area (Å²) >= 11 is 0. The molecule has 0 bridgehead atoms. The molecule has 0 saturated heterocycles. The molecule has 0 unspecified atom stereocenters. The van der Waals surface area contributed by atoms with E-state index < -0.39 is 7.25 Å². The second kappa shape index (κ2) is 9.93. The number of methoxy groups -OCH3 is 1. The van der Waals surface area contributed by atoms with Crippen LogP contribution in [0.1, 0.15) is 0 Å². The van der Waals surface area contributed by atoms with Gasteiger partial charge >= 0.3 is 18.8 Å². The van der Waals surface area contributed by atoms with E-state index in [4.69, 9.17) is 9.15 Å². The Balaban J connectivity index is 0.000000491. The van der Waals surface area contributed by atoms with Crippen LogP contribution in [0.3, 0.4) is 0 Å². The number of halogens is 4.